The van der Waals surface area contributed by atoms with Gasteiger partial charge in [0.25, 0.3) is 0 Å². The third-order valence-electron chi connectivity index (χ3n) is 1.34. The molecular weight excluding hydrogens is 154 g/mol. The summed E-state index contributed by atoms with van der Waals surface area (Å²) < 4.78 is 5.15. The van der Waals surface area contributed by atoms with E-state index >= 15 is 0 Å². The van der Waals surface area contributed by atoms with Crippen LogP contribution in [0.3, 0.4) is 0 Å². The van der Waals surface area contributed by atoms with Crippen LogP contribution in [0.5, 0.6) is 0 Å². The zero-order valence-electron chi connectivity index (χ0n) is 7.16. The van der Waals surface area contributed by atoms with Crippen molar-refractivity contribution in [3.05, 3.63) is 18.6 Å². The Kier molecular flexibility index (Phi) is 4.08. The lowest BCUT2D eigenvalue weighted by Gasteiger charge is -2.03. The molecule has 1 N–H and O–H groups in total. The Morgan fingerprint density at radius 1 is 1.58 bits per heavy atom. The maximum absolute atomic E-state index is 5.15. The fourth-order valence-corrected chi connectivity index (χ4v) is 0.791. The van der Waals surface area contributed by atoms with Crippen molar-refractivity contribution in [2.24, 2.45) is 0 Å². The van der Waals surface area contributed by atoms with Gasteiger partial charge < -0.3 is 10.1 Å². The Balaban J connectivity index is 2.16. The second-order valence-corrected chi connectivity index (χ2v) is 2.22. The predicted molar refractivity (Wildman–Crippen MR) is 47.0 cm³/mol. The monoisotopic (exact) mass is 167 g/mol. The van der Waals surface area contributed by atoms with Crippen molar-refractivity contribution in [1.29, 1.82) is 0 Å². The molecular formula is C8H13N3O. The van der Waals surface area contributed by atoms with Crippen LogP contribution in [0.4, 0.5) is 5.82 Å². The molecule has 12 heavy (non-hydrogen) atoms. The average molecular weight is 167 g/mol. The van der Waals surface area contributed by atoms with E-state index in [-0.39, 0.29) is 0 Å². The highest BCUT2D eigenvalue weighted by molar-refractivity contribution is 5.31. The van der Waals surface area contributed by atoms with Crippen molar-refractivity contribution >= 4 is 5.82 Å². The normalized spacial score (nSPS) is 9.75. The number of ether oxygens (including phenoxy) is 1. The van der Waals surface area contributed by atoms with Gasteiger partial charge in [0.1, 0.15) is 12.1 Å². The number of anilines is 1. The molecule has 0 aliphatic rings. The summed E-state index contributed by atoms with van der Waals surface area (Å²) in [6.07, 6.45) is 3.22. The Labute approximate surface area is 72.0 Å². The van der Waals surface area contributed by atoms with E-state index in [1.54, 1.807) is 6.20 Å². The Morgan fingerprint density at radius 3 is 3.17 bits per heavy atom. The molecule has 0 saturated heterocycles. The van der Waals surface area contributed by atoms with Crippen molar-refractivity contribution in [2.75, 3.05) is 25.1 Å². The second kappa shape index (κ2) is 5.49. The van der Waals surface area contributed by atoms with Crippen LogP contribution in [0.25, 0.3) is 0 Å². The molecule has 0 aromatic carbocycles. The maximum Gasteiger partial charge on any atom is 0.129 e. The molecule has 4 heteroatoms. The quantitative estimate of drug-likeness (QED) is 0.662. The molecule has 0 spiro atoms. The van der Waals surface area contributed by atoms with Crippen LogP contribution >= 0.6 is 0 Å². The van der Waals surface area contributed by atoms with Crippen LogP contribution in [0.2, 0.25) is 0 Å². The Bertz CT molecular complexity index is 203. The predicted octanol–water partition coefficient (Wildman–Crippen LogP) is 0.925. The maximum atomic E-state index is 5.15. The summed E-state index contributed by atoms with van der Waals surface area (Å²) >= 11 is 0. The summed E-state index contributed by atoms with van der Waals surface area (Å²) in [6, 6.07) is 1.83. The van der Waals surface area contributed by atoms with E-state index in [0.29, 0.717) is 6.61 Å². The Morgan fingerprint density at radius 2 is 2.50 bits per heavy atom. The van der Waals surface area contributed by atoms with E-state index < -0.39 is 0 Å². The van der Waals surface area contributed by atoms with Crippen molar-refractivity contribution in [3.8, 4) is 0 Å². The molecule has 0 aliphatic carbocycles. The van der Waals surface area contributed by atoms with Gasteiger partial charge in [-0.2, -0.15) is 0 Å². The molecule has 0 saturated carbocycles. The van der Waals surface area contributed by atoms with Gasteiger partial charge in [-0.3, -0.25) is 0 Å². The minimum absolute atomic E-state index is 0.709. The third-order valence-corrected chi connectivity index (χ3v) is 1.34. The van der Waals surface area contributed by atoms with Gasteiger partial charge in [-0.15, -0.1) is 0 Å². The molecule has 0 bridgehead atoms. The molecule has 0 amide bonds. The highest BCUT2D eigenvalue weighted by Gasteiger charge is 1.89. The first kappa shape index (κ1) is 8.93. The van der Waals surface area contributed by atoms with E-state index in [9.17, 15) is 0 Å². The van der Waals surface area contributed by atoms with Crippen molar-refractivity contribution in [2.45, 2.75) is 6.92 Å². The molecule has 1 heterocycles. The minimum Gasteiger partial charge on any atom is -0.380 e. The molecule has 66 valence electrons. The first-order valence-electron chi connectivity index (χ1n) is 4.01. The highest BCUT2D eigenvalue weighted by Crippen LogP contribution is 1.95. The van der Waals surface area contributed by atoms with Gasteiger partial charge in [0.15, 0.2) is 0 Å². The van der Waals surface area contributed by atoms with Gasteiger partial charge in [-0.05, 0) is 13.0 Å². The summed E-state index contributed by atoms with van der Waals surface area (Å²) in [6.45, 7) is 4.22. The van der Waals surface area contributed by atoms with Crippen LogP contribution < -0.4 is 5.32 Å². The number of nitrogens with zero attached hydrogens (tertiary/aromatic N) is 2. The van der Waals surface area contributed by atoms with E-state index in [0.717, 1.165) is 19.0 Å². The van der Waals surface area contributed by atoms with Gasteiger partial charge in [-0.1, -0.05) is 0 Å². The van der Waals surface area contributed by atoms with Crippen molar-refractivity contribution < 1.29 is 4.74 Å². The van der Waals surface area contributed by atoms with Gasteiger partial charge in [0.2, 0.25) is 0 Å². The molecule has 0 radical (unpaired) electrons. The van der Waals surface area contributed by atoms with Crippen molar-refractivity contribution in [1.82, 2.24) is 9.97 Å². The highest BCUT2D eigenvalue weighted by atomic mass is 16.5. The van der Waals surface area contributed by atoms with Crippen LogP contribution in [0.15, 0.2) is 18.6 Å². The summed E-state index contributed by atoms with van der Waals surface area (Å²) in [5, 5.41) is 3.10. The van der Waals surface area contributed by atoms with E-state index in [4.69, 9.17) is 4.74 Å². The van der Waals surface area contributed by atoms with Gasteiger partial charge in [-0.25, -0.2) is 9.97 Å². The molecule has 1 aromatic rings. The molecule has 0 atom stereocenters. The second-order valence-electron chi connectivity index (χ2n) is 2.22. The molecule has 0 fully saturated rings. The summed E-state index contributed by atoms with van der Waals surface area (Å²) in [5.41, 5.74) is 0. The largest absolute Gasteiger partial charge is 0.380 e. The number of nitrogens with one attached hydrogen (secondary N) is 1. The summed E-state index contributed by atoms with van der Waals surface area (Å²) in [5.74, 6) is 0.838. The van der Waals surface area contributed by atoms with Crippen LogP contribution in [0, 0.1) is 0 Å². The SMILES string of the molecule is CCOCCNc1ccncn1. The summed E-state index contributed by atoms with van der Waals surface area (Å²) in [7, 11) is 0. The van der Waals surface area contributed by atoms with Gasteiger partial charge in [0, 0.05) is 19.3 Å². The first-order valence-corrected chi connectivity index (χ1v) is 4.01. The smallest absolute Gasteiger partial charge is 0.129 e. The third kappa shape index (κ3) is 3.30. The standard InChI is InChI=1S/C8H13N3O/c1-2-12-6-5-10-8-3-4-9-7-11-8/h3-4,7H,2,5-6H2,1H3,(H,9,10,11). The molecule has 1 rings (SSSR count). The minimum atomic E-state index is 0.709. The zero-order chi connectivity index (χ0) is 8.65. The van der Waals surface area contributed by atoms with Crippen molar-refractivity contribution in [3.63, 3.8) is 0 Å². The first-order chi connectivity index (χ1) is 5.93. The van der Waals surface area contributed by atoms with Gasteiger partial charge in [0.05, 0.1) is 6.61 Å². The number of hydrogen-bond acceptors (Lipinski definition) is 4. The average Bonchev–Trinajstić information content (AvgIpc) is 2.14. The molecule has 0 unspecified atom stereocenters. The van der Waals surface area contributed by atoms with E-state index in [1.165, 1.54) is 6.33 Å². The van der Waals surface area contributed by atoms with Crippen LogP contribution in [-0.4, -0.2) is 29.7 Å². The number of aromatic nitrogens is 2. The fourth-order valence-electron chi connectivity index (χ4n) is 0.791. The topological polar surface area (TPSA) is 47.0 Å². The lowest BCUT2D eigenvalue weighted by molar-refractivity contribution is 0.158. The lowest BCUT2D eigenvalue weighted by Crippen LogP contribution is -2.09. The lowest BCUT2D eigenvalue weighted by atomic mass is 10.5. The zero-order valence-corrected chi connectivity index (χ0v) is 7.16. The molecule has 4 nitrogen and oxygen atoms in total. The molecule has 0 aliphatic heterocycles. The van der Waals surface area contributed by atoms with E-state index in [2.05, 4.69) is 15.3 Å². The summed E-state index contributed by atoms with van der Waals surface area (Å²) in [4.78, 5) is 7.81. The fraction of sp³-hybridized carbons (Fsp3) is 0.500. The number of hydrogen-bond donors (Lipinski definition) is 1. The van der Waals surface area contributed by atoms with E-state index in [1.807, 2.05) is 13.0 Å². The number of rotatable bonds is 5. The van der Waals surface area contributed by atoms with Crippen LogP contribution in [-0.2, 0) is 4.74 Å². The van der Waals surface area contributed by atoms with Crippen LogP contribution in [0.1, 0.15) is 6.92 Å². The van der Waals surface area contributed by atoms with Gasteiger partial charge >= 0.3 is 0 Å². The Hall–Kier alpha value is -1.16. The molecule has 1 aromatic heterocycles.